The van der Waals surface area contributed by atoms with Crippen molar-refractivity contribution in [2.75, 3.05) is 13.7 Å². The molecule has 0 saturated heterocycles. The zero-order chi connectivity index (χ0) is 8.74. The lowest BCUT2D eigenvalue weighted by Crippen LogP contribution is -1.91. The van der Waals surface area contributed by atoms with Crippen LogP contribution >= 0.6 is 7.91 Å². The number of unbranched alkanes of at least 4 members (excludes halogenated alkanes) is 2. The van der Waals surface area contributed by atoms with Gasteiger partial charge in [0.15, 0.2) is 0 Å². The van der Waals surface area contributed by atoms with Crippen molar-refractivity contribution in [1.82, 2.24) is 0 Å². The van der Waals surface area contributed by atoms with Gasteiger partial charge in [-0.2, -0.15) is 0 Å². The van der Waals surface area contributed by atoms with Crippen LogP contribution in [0, 0.1) is 0 Å². The van der Waals surface area contributed by atoms with Gasteiger partial charge < -0.3 is 0 Å². The average Bonchev–Trinajstić information content (AvgIpc) is 1.99. The molecule has 11 heavy (non-hydrogen) atoms. The molecule has 0 radical (unpaired) electrons. The molecule has 1 atom stereocenters. The number of hydrogen-bond donors (Lipinski definition) is 0. The van der Waals surface area contributed by atoms with Crippen molar-refractivity contribution >= 4 is 7.91 Å². The predicted molar refractivity (Wildman–Crippen MR) is 41.2 cm³/mol. The van der Waals surface area contributed by atoms with Crippen LogP contribution in [0.15, 0.2) is 0 Å². The molecule has 0 saturated carbocycles. The normalized spacial score (nSPS) is 16.3. The molecule has 3 nitrogen and oxygen atoms in total. The molecule has 0 rings (SSSR count). The van der Waals surface area contributed by atoms with E-state index in [1.807, 2.05) is 6.92 Å². The number of rotatable bonds is 6. The molecule has 0 aliphatic carbocycles. The molecule has 0 fully saturated rings. The first-order chi connectivity index (χ1) is 5.12. The second-order valence-electron chi connectivity index (χ2n) is 2.15. The monoisotopic (exact) mass is 184 g/mol. The van der Waals surface area contributed by atoms with E-state index in [9.17, 15) is 8.76 Å². The van der Waals surface area contributed by atoms with E-state index in [4.69, 9.17) is 0 Å². The first-order valence-electron chi connectivity index (χ1n) is 3.62. The molecule has 1 unspecified atom stereocenters. The van der Waals surface area contributed by atoms with Crippen LogP contribution in [0.4, 0.5) is 4.20 Å². The van der Waals surface area contributed by atoms with Gasteiger partial charge in [-0.25, -0.2) is 4.57 Å². The highest BCUT2D eigenvalue weighted by Crippen LogP contribution is 2.48. The standard InChI is InChI=1S/C6H14FO3P/c1-3-4-5-6-10-11(7,8)9-2/h3-6H2,1-2H3. The van der Waals surface area contributed by atoms with Crippen molar-refractivity contribution in [2.24, 2.45) is 0 Å². The highest BCUT2D eigenvalue weighted by atomic mass is 31.2. The molecule has 0 amide bonds. The fourth-order valence-corrected chi connectivity index (χ4v) is 1.03. The van der Waals surface area contributed by atoms with Gasteiger partial charge >= 0.3 is 7.91 Å². The maximum absolute atomic E-state index is 12.4. The maximum atomic E-state index is 12.4. The summed E-state index contributed by atoms with van der Waals surface area (Å²) in [5.41, 5.74) is 0. The third-order valence-electron chi connectivity index (χ3n) is 1.21. The van der Waals surface area contributed by atoms with E-state index in [1.165, 1.54) is 0 Å². The summed E-state index contributed by atoms with van der Waals surface area (Å²) in [4.78, 5) is 0. The van der Waals surface area contributed by atoms with Gasteiger partial charge in [0.05, 0.1) is 6.61 Å². The molecule has 68 valence electrons. The van der Waals surface area contributed by atoms with E-state index in [2.05, 4.69) is 9.05 Å². The SMILES string of the molecule is CCCCCOP(=O)(F)OC. The Balaban J connectivity index is 3.31. The van der Waals surface area contributed by atoms with E-state index < -0.39 is 7.91 Å². The molecule has 0 spiro atoms. The quantitative estimate of drug-likeness (QED) is 0.470. The van der Waals surface area contributed by atoms with Crippen LogP contribution < -0.4 is 0 Å². The summed E-state index contributed by atoms with van der Waals surface area (Å²) in [6.45, 7) is 2.18. The molecule has 0 heterocycles. The van der Waals surface area contributed by atoms with Crippen LogP contribution in [0.25, 0.3) is 0 Å². The Morgan fingerprint density at radius 3 is 2.55 bits per heavy atom. The van der Waals surface area contributed by atoms with Gasteiger partial charge in [-0.1, -0.05) is 19.8 Å². The molecule has 0 aromatic heterocycles. The highest BCUT2D eigenvalue weighted by molar-refractivity contribution is 7.48. The molecule has 0 aliphatic heterocycles. The van der Waals surface area contributed by atoms with Gasteiger partial charge in [-0.05, 0) is 6.42 Å². The topological polar surface area (TPSA) is 35.5 Å². The molecule has 0 aromatic carbocycles. The van der Waals surface area contributed by atoms with Gasteiger partial charge in [-0.3, -0.25) is 9.05 Å². The van der Waals surface area contributed by atoms with Crippen LogP contribution in [0.2, 0.25) is 0 Å². The van der Waals surface area contributed by atoms with Crippen molar-refractivity contribution in [3.05, 3.63) is 0 Å². The highest BCUT2D eigenvalue weighted by Gasteiger charge is 2.20. The molecular weight excluding hydrogens is 170 g/mol. The Morgan fingerprint density at radius 2 is 2.09 bits per heavy atom. The third-order valence-corrected chi connectivity index (χ3v) is 2.14. The first kappa shape index (κ1) is 11.1. The van der Waals surface area contributed by atoms with E-state index >= 15 is 0 Å². The minimum Gasteiger partial charge on any atom is -0.287 e. The summed E-state index contributed by atoms with van der Waals surface area (Å²) in [5, 5.41) is 0. The first-order valence-corrected chi connectivity index (χ1v) is 5.05. The molecule has 0 aromatic rings. The largest absolute Gasteiger partial charge is 0.512 e. The van der Waals surface area contributed by atoms with Crippen LogP contribution in [0.3, 0.4) is 0 Å². The summed E-state index contributed by atoms with van der Waals surface area (Å²) in [7, 11) is -3.19. The summed E-state index contributed by atoms with van der Waals surface area (Å²) in [5.74, 6) is 0. The minimum absolute atomic E-state index is 0.162. The lowest BCUT2D eigenvalue weighted by atomic mass is 10.3. The molecule has 0 N–H and O–H groups in total. The van der Waals surface area contributed by atoms with E-state index in [0.717, 1.165) is 20.0 Å². The van der Waals surface area contributed by atoms with Gasteiger partial charge in [0.2, 0.25) is 0 Å². The average molecular weight is 184 g/mol. The van der Waals surface area contributed by atoms with Gasteiger partial charge in [0, 0.05) is 7.11 Å². The van der Waals surface area contributed by atoms with Crippen LogP contribution in [0.5, 0.6) is 0 Å². The smallest absolute Gasteiger partial charge is 0.287 e. The Hall–Kier alpha value is 0.0800. The van der Waals surface area contributed by atoms with Crippen molar-refractivity contribution in [2.45, 2.75) is 26.2 Å². The van der Waals surface area contributed by atoms with Crippen molar-refractivity contribution in [3.63, 3.8) is 0 Å². The van der Waals surface area contributed by atoms with Crippen LogP contribution in [-0.2, 0) is 13.6 Å². The second kappa shape index (κ2) is 5.70. The fraction of sp³-hybridized carbons (Fsp3) is 1.00. The molecule has 5 heteroatoms. The zero-order valence-electron chi connectivity index (χ0n) is 6.88. The Kier molecular flexibility index (Phi) is 5.74. The number of halogens is 1. The fourth-order valence-electron chi connectivity index (χ4n) is 0.578. The Morgan fingerprint density at radius 1 is 1.45 bits per heavy atom. The van der Waals surface area contributed by atoms with Crippen molar-refractivity contribution < 1.29 is 17.8 Å². The van der Waals surface area contributed by atoms with Gasteiger partial charge in [0.1, 0.15) is 0 Å². The minimum atomic E-state index is -4.21. The van der Waals surface area contributed by atoms with E-state index in [-0.39, 0.29) is 6.61 Å². The lowest BCUT2D eigenvalue weighted by Gasteiger charge is -2.05. The second-order valence-corrected chi connectivity index (χ2v) is 3.64. The molecule has 0 aliphatic rings. The van der Waals surface area contributed by atoms with Crippen molar-refractivity contribution in [3.8, 4) is 0 Å². The Labute approximate surface area is 66.5 Å². The molecule has 0 bridgehead atoms. The zero-order valence-corrected chi connectivity index (χ0v) is 7.77. The van der Waals surface area contributed by atoms with E-state index in [1.54, 1.807) is 0 Å². The summed E-state index contributed by atoms with van der Waals surface area (Å²) in [6, 6.07) is 0. The van der Waals surface area contributed by atoms with E-state index in [0.29, 0.717) is 6.42 Å². The van der Waals surface area contributed by atoms with Crippen molar-refractivity contribution in [1.29, 1.82) is 0 Å². The van der Waals surface area contributed by atoms with Crippen LogP contribution in [-0.4, -0.2) is 13.7 Å². The summed E-state index contributed by atoms with van der Waals surface area (Å²) < 4.78 is 31.1. The molecular formula is C6H14FO3P. The number of hydrogen-bond acceptors (Lipinski definition) is 3. The maximum Gasteiger partial charge on any atom is 0.512 e. The summed E-state index contributed by atoms with van der Waals surface area (Å²) >= 11 is 0. The lowest BCUT2D eigenvalue weighted by molar-refractivity contribution is 0.198. The van der Waals surface area contributed by atoms with Gasteiger partial charge in [-0.15, -0.1) is 4.20 Å². The van der Waals surface area contributed by atoms with Crippen LogP contribution in [0.1, 0.15) is 26.2 Å². The summed E-state index contributed by atoms with van der Waals surface area (Å²) in [6.07, 6.45) is 2.68. The van der Waals surface area contributed by atoms with Gasteiger partial charge in [0.25, 0.3) is 0 Å². The predicted octanol–water partition coefficient (Wildman–Crippen LogP) is 2.92. The Bertz CT molecular complexity index is 140. The third kappa shape index (κ3) is 6.48.